The SMILES string of the molecule is CCC(C(=O)N1CCC(NC(=O)c2ccc3ccccc3c2)CC1)c1ccccc1. The highest BCUT2D eigenvalue weighted by Crippen LogP contribution is 2.24. The van der Waals surface area contributed by atoms with Crippen LogP contribution < -0.4 is 5.32 Å². The standard InChI is InChI=1S/C26H28N2O2/c1-2-24(20-9-4-3-5-10-20)26(30)28-16-14-23(15-17-28)27-25(29)22-13-12-19-8-6-7-11-21(19)18-22/h3-13,18,23-24H,2,14-17H2,1H3,(H,27,29). The lowest BCUT2D eigenvalue weighted by Gasteiger charge is -2.34. The Morgan fingerprint density at radius 1 is 0.933 bits per heavy atom. The first-order valence-electron chi connectivity index (χ1n) is 10.8. The van der Waals surface area contributed by atoms with Crippen LogP contribution in [0.5, 0.6) is 0 Å². The van der Waals surface area contributed by atoms with Crippen LogP contribution >= 0.6 is 0 Å². The van der Waals surface area contributed by atoms with Crippen LogP contribution in [0.4, 0.5) is 0 Å². The van der Waals surface area contributed by atoms with Crippen LogP contribution in [-0.2, 0) is 4.79 Å². The number of amides is 2. The Labute approximate surface area is 177 Å². The van der Waals surface area contributed by atoms with Crippen molar-refractivity contribution in [3.05, 3.63) is 83.9 Å². The smallest absolute Gasteiger partial charge is 0.251 e. The van der Waals surface area contributed by atoms with Crippen molar-refractivity contribution < 1.29 is 9.59 Å². The highest BCUT2D eigenvalue weighted by atomic mass is 16.2. The summed E-state index contributed by atoms with van der Waals surface area (Å²) < 4.78 is 0. The largest absolute Gasteiger partial charge is 0.349 e. The molecule has 4 heteroatoms. The number of piperidine rings is 1. The third-order valence-electron chi connectivity index (χ3n) is 6.06. The lowest BCUT2D eigenvalue weighted by molar-refractivity contribution is -0.134. The second-order valence-corrected chi connectivity index (χ2v) is 8.01. The Bertz CT molecular complexity index is 1020. The predicted octanol–water partition coefficient (Wildman–Crippen LogP) is 4.75. The minimum atomic E-state index is -0.0880. The van der Waals surface area contributed by atoms with Gasteiger partial charge in [-0.15, -0.1) is 0 Å². The number of rotatable bonds is 5. The van der Waals surface area contributed by atoms with E-state index in [0.29, 0.717) is 18.7 Å². The van der Waals surface area contributed by atoms with Gasteiger partial charge < -0.3 is 10.2 Å². The van der Waals surface area contributed by atoms with E-state index in [1.807, 2.05) is 77.7 Å². The molecular weight excluding hydrogens is 372 g/mol. The van der Waals surface area contributed by atoms with Gasteiger partial charge in [0.2, 0.25) is 5.91 Å². The van der Waals surface area contributed by atoms with Gasteiger partial charge in [0.1, 0.15) is 0 Å². The second kappa shape index (κ2) is 9.12. The molecule has 0 saturated carbocycles. The number of hydrogen-bond acceptors (Lipinski definition) is 2. The van der Waals surface area contributed by atoms with Crippen molar-refractivity contribution in [1.82, 2.24) is 10.2 Å². The lowest BCUT2D eigenvalue weighted by atomic mass is 9.93. The highest BCUT2D eigenvalue weighted by molar-refractivity contribution is 5.98. The Hall–Kier alpha value is -3.14. The summed E-state index contributed by atoms with van der Waals surface area (Å²) in [4.78, 5) is 27.7. The van der Waals surface area contributed by atoms with E-state index in [1.54, 1.807) is 0 Å². The van der Waals surface area contributed by atoms with Gasteiger partial charge >= 0.3 is 0 Å². The van der Waals surface area contributed by atoms with E-state index < -0.39 is 0 Å². The van der Waals surface area contributed by atoms with Crippen LogP contribution in [0, 0.1) is 0 Å². The summed E-state index contributed by atoms with van der Waals surface area (Å²) in [5.41, 5.74) is 1.76. The van der Waals surface area contributed by atoms with Gasteiger partial charge in [0.15, 0.2) is 0 Å². The quantitative estimate of drug-likeness (QED) is 0.672. The van der Waals surface area contributed by atoms with Crippen molar-refractivity contribution in [2.45, 2.75) is 38.1 Å². The number of carbonyl (C=O) groups is 2. The second-order valence-electron chi connectivity index (χ2n) is 8.01. The van der Waals surface area contributed by atoms with Gasteiger partial charge in [0, 0.05) is 24.7 Å². The average Bonchev–Trinajstić information content (AvgIpc) is 2.80. The highest BCUT2D eigenvalue weighted by Gasteiger charge is 2.28. The fraction of sp³-hybridized carbons (Fsp3) is 0.308. The molecule has 1 unspecified atom stereocenters. The lowest BCUT2D eigenvalue weighted by Crippen LogP contribution is -2.47. The molecule has 154 valence electrons. The van der Waals surface area contributed by atoms with Crippen molar-refractivity contribution in [1.29, 1.82) is 0 Å². The Balaban J connectivity index is 1.34. The number of nitrogens with zero attached hydrogens (tertiary/aromatic N) is 1. The third kappa shape index (κ3) is 4.38. The summed E-state index contributed by atoms with van der Waals surface area (Å²) in [6.07, 6.45) is 2.37. The van der Waals surface area contributed by atoms with E-state index in [1.165, 1.54) is 0 Å². The normalized spacial score (nSPS) is 15.7. The van der Waals surface area contributed by atoms with Gasteiger partial charge in [-0.05, 0) is 47.7 Å². The number of fused-ring (bicyclic) bond motifs is 1. The zero-order valence-electron chi connectivity index (χ0n) is 17.4. The summed E-state index contributed by atoms with van der Waals surface area (Å²) in [6, 6.07) is 24.0. The molecule has 0 aromatic heterocycles. The maximum absolute atomic E-state index is 13.0. The molecule has 1 aliphatic heterocycles. The molecule has 30 heavy (non-hydrogen) atoms. The van der Waals surface area contributed by atoms with Crippen molar-refractivity contribution in [2.75, 3.05) is 13.1 Å². The summed E-state index contributed by atoms with van der Waals surface area (Å²) in [5.74, 6) is 0.0687. The van der Waals surface area contributed by atoms with Gasteiger partial charge in [0.05, 0.1) is 5.92 Å². The molecule has 2 amide bonds. The average molecular weight is 401 g/mol. The minimum Gasteiger partial charge on any atom is -0.349 e. The number of likely N-dealkylation sites (tertiary alicyclic amines) is 1. The van der Waals surface area contributed by atoms with Crippen LogP contribution in [0.3, 0.4) is 0 Å². The monoisotopic (exact) mass is 400 g/mol. The molecule has 0 aliphatic carbocycles. The van der Waals surface area contributed by atoms with Gasteiger partial charge in [-0.25, -0.2) is 0 Å². The van der Waals surface area contributed by atoms with Crippen molar-refractivity contribution in [2.24, 2.45) is 0 Å². The molecule has 1 saturated heterocycles. The van der Waals surface area contributed by atoms with Crippen molar-refractivity contribution >= 4 is 22.6 Å². The molecule has 4 nitrogen and oxygen atoms in total. The van der Waals surface area contributed by atoms with E-state index in [9.17, 15) is 9.59 Å². The van der Waals surface area contributed by atoms with Crippen molar-refractivity contribution in [3.8, 4) is 0 Å². The van der Waals surface area contributed by atoms with Crippen LogP contribution in [0.15, 0.2) is 72.8 Å². The number of benzene rings is 3. The summed E-state index contributed by atoms with van der Waals surface area (Å²) in [6.45, 7) is 3.43. The van der Waals surface area contributed by atoms with Gasteiger partial charge in [-0.2, -0.15) is 0 Å². The first kappa shape index (κ1) is 20.1. The van der Waals surface area contributed by atoms with Crippen LogP contribution in [-0.4, -0.2) is 35.8 Å². The Morgan fingerprint density at radius 3 is 2.30 bits per heavy atom. The molecule has 4 rings (SSSR count). The Kier molecular flexibility index (Phi) is 6.12. The minimum absolute atomic E-state index is 0.0405. The fourth-order valence-electron chi connectivity index (χ4n) is 4.30. The Morgan fingerprint density at radius 2 is 1.60 bits per heavy atom. The summed E-state index contributed by atoms with van der Waals surface area (Å²) in [5, 5.41) is 5.35. The van der Waals surface area contributed by atoms with Gasteiger partial charge in [0.25, 0.3) is 5.91 Å². The molecule has 0 radical (unpaired) electrons. The van der Waals surface area contributed by atoms with Crippen LogP contribution in [0.1, 0.15) is 48.0 Å². The summed E-state index contributed by atoms with van der Waals surface area (Å²) in [7, 11) is 0. The first-order chi connectivity index (χ1) is 14.7. The van der Waals surface area contributed by atoms with Gasteiger partial charge in [-0.3, -0.25) is 9.59 Å². The number of carbonyl (C=O) groups excluding carboxylic acids is 2. The molecule has 1 heterocycles. The number of hydrogen-bond donors (Lipinski definition) is 1. The van der Waals surface area contributed by atoms with Crippen molar-refractivity contribution in [3.63, 3.8) is 0 Å². The maximum Gasteiger partial charge on any atom is 0.251 e. The molecule has 0 spiro atoms. The first-order valence-corrected chi connectivity index (χ1v) is 10.8. The van der Waals surface area contributed by atoms with E-state index in [-0.39, 0.29) is 23.8 Å². The molecule has 1 fully saturated rings. The van der Waals surface area contributed by atoms with E-state index in [0.717, 1.165) is 35.6 Å². The topological polar surface area (TPSA) is 49.4 Å². The van der Waals surface area contributed by atoms with Crippen LogP contribution in [0.2, 0.25) is 0 Å². The zero-order valence-corrected chi connectivity index (χ0v) is 17.4. The molecule has 3 aromatic rings. The molecular formula is C26H28N2O2. The summed E-state index contributed by atoms with van der Waals surface area (Å²) >= 11 is 0. The molecule has 1 N–H and O–H groups in total. The van der Waals surface area contributed by atoms with Crippen LogP contribution in [0.25, 0.3) is 10.8 Å². The molecule has 0 bridgehead atoms. The third-order valence-corrected chi connectivity index (χ3v) is 6.06. The van der Waals surface area contributed by atoms with E-state index >= 15 is 0 Å². The zero-order chi connectivity index (χ0) is 20.9. The molecule has 1 atom stereocenters. The molecule has 3 aromatic carbocycles. The predicted molar refractivity (Wildman–Crippen MR) is 120 cm³/mol. The fourth-order valence-corrected chi connectivity index (χ4v) is 4.30. The van der Waals surface area contributed by atoms with E-state index in [4.69, 9.17) is 0 Å². The maximum atomic E-state index is 13.0. The number of nitrogens with one attached hydrogen (secondary N) is 1. The molecule has 1 aliphatic rings. The van der Waals surface area contributed by atoms with E-state index in [2.05, 4.69) is 12.2 Å². The van der Waals surface area contributed by atoms with Gasteiger partial charge in [-0.1, -0.05) is 67.6 Å².